The third kappa shape index (κ3) is 5.92. The van der Waals surface area contributed by atoms with Crippen molar-refractivity contribution in [2.24, 2.45) is 0 Å². The Morgan fingerprint density at radius 1 is 1.05 bits per heavy atom. The van der Waals surface area contributed by atoms with Gasteiger partial charge in [-0.2, -0.15) is 0 Å². The topological polar surface area (TPSA) is 98.4 Å². The maximum Gasteiger partial charge on any atom is 0.410 e. The maximum atomic E-state index is 13.7. The first-order valence-corrected chi connectivity index (χ1v) is 13.2. The third-order valence-electron chi connectivity index (χ3n) is 6.15. The van der Waals surface area contributed by atoms with Gasteiger partial charge in [0.25, 0.3) is 5.91 Å². The highest BCUT2D eigenvalue weighted by molar-refractivity contribution is 7.16. The summed E-state index contributed by atoms with van der Waals surface area (Å²) in [7, 11) is 4.74. The second kappa shape index (κ2) is 12.3. The van der Waals surface area contributed by atoms with Gasteiger partial charge in [-0.05, 0) is 55.3 Å². The van der Waals surface area contributed by atoms with Crippen molar-refractivity contribution >= 4 is 45.6 Å². The summed E-state index contributed by atoms with van der Waals surface area (Å²) in [4.78, 5) is 28.7. The molecule has 0 saturated heterocycles. The maximum absolute atomic E-state index is 13.7. The SMILES string of the molecule is CCOC(=O)N1CCc2c(sc(NCc3cc(OC)ccc3OC)c2C(=O)Nc2cc(Cl)ccc2OC)C1. The lowest BCUT2D eigenvalue weighted by molar-refractivity contribution is 0.102. The minimum absolute atomic E-state index is 0.298. The van der Waals surface area contributed by atoms with Gasteiger partial charge >= 0.3 is 6.09 Å². The molecule has 0 saturated carbocycles. The van der Waals surface area contributed by atoms with Crippen molar-refractivity contribution in [3.8, 4) is 17.2 Å². The number of ether oxygens (including phenoxy) is 4. The van der Waals surface area contributed by atoms with Crippen LogP contribution in [0.1, 0.15) is 33.3 Å². The van der Waals surface area contributed by atoms with E-state index in [1.54, 1.807) is 44.2 Å². The van der Waals surface area contributed by atoms with Gasteiger partial charge in [0.15, 0.2) is 0 Å². The number of nitrogens with zero attached hydrogens (tertiary/aromatic N) is 1. The number of anilines is 2. The molecule has 3 aromatic rings. The summed E-state index contributed by atoms with van der Waals surface area (Å²) in [5.74, 6) is 1.59. The average molecular weight is 560 g/mol. The molecule has 9 nitrogen and oxygen atoms in total. The van der Waals surface area contributed by atoms with Crippen LogP contribution in [-0.2, 0) is 24.2 Å². The van der Waals surface area contributed by atoms with Crippen molar-refractivity contribution in [2.75, 3.05) is 45.1 Å². The van der Waals surface area contributed by atoms with Crippen molar-refractivity contribution in [3.05, 3.63) is 63.0 Å². The molecule has 11 heteroatoms. The molecule has 2 heterocycles. The van der Waals surface area contributed by atoms with Crippen LogP contribution in [0.4, 0.5) is 15.5 Å². The molecule has 1 aliphatic heterocycles. The predicted octanol–water partition coefficient (Wildman–Crippen LogP) is 5.81. The van der Waals surface area contributed by atoms with E-state index in [-0.39, 0.29) is 12.0 Å². The summed E-state index contributed by atoms with van der Waals surface area (Å²) >= 11 is 7.63. The fraction of sp³-hybridized carbons (Fsp3) is 0.333. The minimum atomic E-state index is -0.364. The second-order valence-electron chi connectivity index (χ2n) is 8.41. The molecule has 0 unspecified atom stereocenters. The highest BCUT2D eigenvalue weighted by Gasteiger charge is 2.30. The van der Waals surface area contributed by atoms with Crippen molar-refractivity contribution in [1.82, 2.24) is 4.90 Å². The van der Waals surface area contributed by atoms with Gasteiger partial charge < -0.3 is 34.5 Å². The lowest BCUT2D eigenvalue weighted by Crippen LogP contribution is -2.36. The van der Waals surface area contributed by atoms with Crippen molar-refractivity contribution in [1.29, 1.82) is 0 Å². The molecule has 0 fully saturated rings. The summed E-state index contributed by atoms with van der Waals surface area (Å²) in [6.45, 7) is 3.29. The first kappa shape index (κ1) is 27.4. The Morgan fingerprint density at radius 2 is 1.82 bits per heavy atom. The van der Waals surface area contributed by atoms with E-state index in [1.807, 2.05) is 18.2 Å². The number of nitrogens with one attached hydrogen (secondary N) is 2. The van der Waals surface area contributed by atoms with Crippen LogP contribution in [0, 0.1) is 0 Å². The van der Waals surface area contributed by atoms with Crippen LogP contribution in [0.3, 0.4) is 0 Å². The quantitative estimate of drug-likeness (QED) is 0.341. The molecule has 1 aliphatic rings. The number of carbonyl (C=O) groups excluding carboxylic acids is 2. The molecule has 202 valence electrons. The predicted molar refractivity (Wildman–Crippen MR) is 148 cm³/mol. The van der Waals surface area contributed by atoms with E-state index in [0.29, 0.717) is 71.2 Å². The summed E-state index contributed by atoms with van der Waals surface area (Å²) in [5.41, 5.74) is 2.76. The van der Waals surface area contributed by atoms with E-state index < -0.39 is 0 Å². The van der Waals surface area contributed by atoms with E-state index in [4.69, 9.17) is 30.5 Å². The van der Waals surface area contributed by atoms with Crippen LogP contribution in [0.15, 0.2) is 36.4 Å². The molecule has 0 atom stereocenters. The van der Waals surface area contributed by atoms with Gasteiger partial charge in [-0.15, -0.1) is 11.3 Å². The summed E-state index contributed by atoms with van der Waals surface area (Å²) in [6, 6.07) is 10.6. The van der Waals surface area contributed by atoms with E-state index >= 15 is 0 Å². The third-order valence-corrected chi connectivity index (χ3v) is 7.56. The number of methoxy groups -OCH3 is 3. The first-order valence-electron chi connectivity index (χ1n) is 12.0. The number of carbonyl (C=O) groups is 2. The monoisotopic (exact) mass is 559 g/mol. The Hall–Kier alpha value is -3.63. The largest absolute Gasteiger partial charge is 0.497 e. The summed E-state index contributed by atoms with van der Waals surface area (Å²) < 4.78 is 21.5. The molecule has 1 aromatic heterocycles. The Bertz CT molecular complexity index is 1330. The number of benzene rings is 2. The number of rotatable bonds is 9. The van der Waals surface area contributed by atoms with Gasteiger partial charge in [0.1, 0.15) is 22.2 Å². The van der Waals surface area contributed by atoms with Crippen LogP contribution in [-0.4, -0.2) is 51.4 Å². The van der Waals surface area contributed by atoms with Crippen molar-refractivity contribution in [3.63, 3.8) is 0 Å². The normalized spacial score (nSPS) is 12.4. The molecular formula is C27H30ClN3O6S. The number of halogens is 1. The smallest absolute Gasteiger partial charge is 0.410 e. The van der Waals surface area contributed by atoms with E-state index in [9.17, 15) is 9.59 Å². The van der Waals surface area contributed by atoms with E-state index in [2.05, 4.69) is 10.6 Å². The lowest BCUT2D eigenvalue weighted by Gasteiger charge is -2.26. The summed E-state index contributed by atoms with van der Waals surface area (Å²) in [6.07, 6.45) is 0.154. The van der Waals surface area contributed by atoms with Crippen molar-refractivity contribution in [2.45, 2.75) is 26.4 Å². The molecule has 0 bridgehead atoms. The van der Waals surface area contributed by atoms with Crippen LogP contribution < -0.4 is 24.8 Å². The van der Waals surface area contributed by atoms with Gasteiger partial charge in [0, 0.05) is 28.6 Å². The Morgan fingerprint density at radius 3 is 2.53 bits per heavy atom. The number of amides is 2. The fourth-order valence-electron chi connectivity index (χ4n) is 4.30. The van der Waals surface area contributed by atoms with Gasteiger partial charge in [-0.1, -0.05) is 11.6 Å². The van der Waals surface area contributed by atoms with Gasteiger partial charge in [-0.25, -0.2) is 4.79 Å². The number of fused-ring (bicyclic) bond motifs is 1. The molecule has 0 spiro atoms. The zero-order valence-electron chi connectivity index (χ0n) is 21.7. The highest BCUT2D eigenvalue weighted by Crippen LogP contribution is 2.39. The van der Waals surface area contributed by atoms with Crippen LogP contribution >= 0.6 is 22.9 Å². The fourth-order valence-corrected chi connectivity index (χ4v) is 5.73. The Kier molecular flexibility index (Phi) is 8.85. The number of hydrogen-bond acceptors (Lipinski definition) is 8. The van der Waals surface area contributed by atoms with Gasteiger partial charge in [0.05, 0.1) is 45.7 Å². The van der Waals surface area contributed by atoms with Crippen LogP contribution in [0.25, 0.3) is 0 Å². The molecule has 2 amide bonds. The first-order chi connectivity index (χ1) is 18.4. The van der Waals surface area contributed by atoms with Gasteiger partial charge in [0.2, 0.25) is 0 Å². The molecule has 2 aromatic carbocycles. The number of thiophene rings is 1. The molecule has 0 radical (unpaired) electrons. The van der Waals surface area contributed by atoms with E-state index in [1.165, 1.54) is 18.4 Å². The van der Waals surface area contributed by atoms with E-state index in [0.717, 1.165) is 16.0 Å². The standard InChI is InChI=1S/C27H30ClN3O6S/c1-5-37-27(33)31-11-10-19-23(15-31)38-26(29-14-16-12-18(34-2)7-9-21(16)35-3)24(19)25(32)30-20-13-17(28)6-8-22(20)36-4/h6-9,12-13,29H,5,10-11,14-15H2,1-4H3,(H,30,32). The minimum Gasteiger partial charge on any atom is -0.497 e. The number of hydrogen-bond donors (Lipinski definition) is 2. The van der Waals surface area contributed by atoms with Gasteiger partial charge in [-0.3, -0.25) is 4.79 Å². The zero-order chi connectivity index (χ0) is 27.2. The van der Waals surface area contributed by atoms with Crippen LogP contribution in [0.2, 0.25) is 5.02 Å². The Balaban J connectivity index is 1.68. The molecule has 38 heavy (non-hydrogen) atoms. The lowest BCUT2D eigenvalue weighted by atomic mass is 10.0. The zero-order valence-corrected chi connectivity index (χ0v) is 23.3. The second-order valence-corrected chi connectivity index (χ2v) is 9.95. The summed E-state index contributed by atoms with van der Waals surface area (Å²) in [5, 5.41) is 7.53. The average Bonchev–Trinajstić information content (AvgIpc) is 3.29. The Labute approximate surface area is 230 Å². The molecule has 2 N–H and O–H groups in total. The molecule has 4 rings (SSSR count). The highest BCUT2D eigenvalue weighted by atomic mass is 35.5. The van der Waals surface area contributed by atoms with Crippen LogP contribution in [0.5, 0.6) is 17.2 Å². The molecule has 0 aliphatic carbocycles. The molecular weight excluding hydrogens is 530 g/mol. The van der Waals surface area contributed by atoms with Crippen molar-refractivity contribution < 1.29 is 28.5 Å².